The zero-order valence-electron chi connectivity index (χ0n) is 8.71. The summed E-state index contributed by atoms with van der Waals surface area (Å²) in [4.78, 5) is 11.3. The van der Waals surface area contributed by atoms with Crippen LogP contribution in [0.2, 0.25) is 0 Å². The van der Waals surface area contributed by atoms with E-state index >= 15 is 0 Å². The summed E-state index contributed by atoms with van der Waals surface area (Å²) < 4.78 is 5.53. The third-order valence-corrected chi connectivity index (χ3v) is 2.50. The minimum Gasteiger partial charge on any atom is -0.378 e. The summed E-state index contributed by atoms with van der Waals surface area (Å²) in [7, 11) is 0. The monoisotopic (exact) mass is 184 g/mol. The normalized spacial score (nSPS) is 24.8. The molecule has 2 heteroatoms. The lowest BCUT2D eigenvalue weighted by Gasteiger charge is -2.15. The SMILES string of the molecule is CC(C)OCC1CCCCC(=O)C1. The van der Waals surface area contributed by atoms with Crippen LogP contribution in [0.1, 0.15) is 46.0 Å². The van der Waals surface area contributed by atoms with E-state index in [9.17, 15) is 4.79 Å². The van der Waals surface area contributed by atoms with Crippen LogP contribution >= 0.6 is 0 Å². The van der Waals surface area contributed by atoms with Gasteiger partial charge in [0.25, 0.3) is 0 Å². The number of ether oxygens (including phenoxy) is 1. The molecule has 0 spiro atoms. The lowest BCUT2D eigenvalue weighted by atomic mass is 10.0. The Morgan fingerprint density at radius 3 is 2.92 bits per heavy atom. The molecule has 13 heavy (non-hydrogen) atoms. The quantitative estimate of drug-likeness (QED) is 0.630. The molecule has 1 aliphatic carbocycles. The zero-order valence-corrected chi connectivity index (χ0v) is 8.71. The maximum absolute atomic E-state index is 11.3. The van der Waals surface area contributed by atoms with Crippen LogP contribution in [0.4, 0.5) is 0 Å². The highest BCUT2D eigenvalue weighted by Crippen LogP contribution is 2.21. The van der Waals surface area contributed by atoms with Crippen LogP contribution in [0.5, 0.6) is 0 Å². The molecule has 1 aliphatic rings. The largest absolute Gasteiger partial charge is 0.378 e. The summed E-state index contributed by atoms with van der Waals surface area (Å²) in [5, 5.41) is 0. The molecule has 0 aromatic carbocycles. The third kappa shape index (κ3) is 4.41. The van der Waals surface area contributed by atoms with Gasteiger partial charge in [-0.3, -0.25) is 4.79 Å². The van der Waals surface area contributed by atoms with Crippen molar-refractivity contribution < 1.29 is 9.53 Å². The fraction of sp³-hybridized carbons (Fsp3) is 0.909. The highest BCUT2D eigenvalue weighted by Gasteiger charge is 2.17. The number of hydrogen-bond donors (Lipinski definition) is 0. The first-order chi connectivity index (χ1) is 6.18. The molecule has 0 bridgehead atoms. The van der Waals surface area contributed by atoms with Gasteiger partial charge in [0.1, 0.15) is 5.78 Å². The predicted molar refractivity (Wildman–Crippen MR) is 52.7 cm³/mol. The Hall–Kier alpha value is -0.370. The lowest BCUT2D eigenvalue weighted by Crippen LogP contribution is -2.15. The summed E-state index contributed by atoms with van der Waals surface area (Å²) >= 11 is 0. The molecule has 1 saturated carbocycles. The summed E-state index contributed by atoms with van der Waals surface area (Å²) in [6, 6.07) is 0. The number of hydrogen-bond acceptors (Lipinski definition) is 2. The summed E-state index contributed by atoms with van der Waals surface area (Å²) in [6.45, 7) is 4.85. The Morgan fingerprint density at radius 1 is 1.46 bits per heavy atom. The van der Waals surface area contributed by atoms with Gasteiger partial charge in [-0.1, -0.05) is 6.42 Å². The van der Waals surface area contributed by atoms with Gasteiger partial charge in [-0.05, 0) is 32.6 Å². The molecule has 0 amide bonds. The number of ketones is 1. The number of carbonyl (C=O) groups excluding carboxylic acids is 1. The Labute approximate surface area is 80.7 Å². The highest BCUT2D eigenvalue weighted by molar-refractivity contribution is 5.78. The van der Waals surface area contributed by atoms with E-state index in [1.54, 1.807) is 0 Å². The smallest absolute Gasteiger partial charge is 0.133 e. The van der Waals surface area contributed by atoms with Crippen molar-refractivity contribution in [2.75, 3.05) is 6.61 Å². The molecule has 1 rings (SSSR count). The zero-order chi connectivity index (χ0) is 9.68. The van der Waals surface area contributed by atoms with Crippen molar-refractivity contribution in [2.45, 2.75) is 52.1 Å². The topological polar surface area (TPSA) is 26.3 Å². The lowest BCUT2D eigenvalue weighted by molar-refractivity contribution is -0.120. The molecule has 1 unspecified atom stereocenters. The van der Waals surface area contributed by atoms with Crippen LogP contribution in [-0.4, -0.2) is 18.5 Å². The van der Waals surface area contributed by atoms with Crippen molar-refractivity contribution in [3.8, 4) is 0 Å². The molecule has 0 aromatic heterocycles. The van der Waals surface area contributed by atoms with Crippen LogP contribution in [0.25, 0.3) is 0 Å². The minimum atomic E-state index is 0.290. The molecule has 0 saturated heterocycles. The molecular weight excluding hydrogens is 164 g/mol. The third-order valence-electron chi connectivity index (χ3n) is 2.50. The van der Waals surface area contributed by atoms with Crippen molar-refractivity contribution in [2.24, 2.45) is 5.92 Å². The van der Waals surface area contributed by atoms with Crippen molar-refractivity contribution in [3.63, 3.8) is 0 Å². The highest BCUT2D eigenvalue weighted by atomic mass is 16.5. The van der Waals surface area contributed by atoms with Gasteiger partial charge in [-0.2, -0.15) is 0 Å². The molecule has 76 valence electrons. The average molecular weight is 184 g/mol. The average Bonchev–Trinajstić information content (AvgIpc) is 2.26. The predicted octanol–water partition coefficient (Wildman–Crippen LogP) is 2.56. The summed E-state index contributed by atoms with van der Waals surface area (Å²) in [5.41, 5.74) is 0. The molecule has 0 heterocycles. The fourth-order valence-electron chi connectivity index (χ4n) is 1.75. The van der Waals surface area contributed by atoms with E-state index < -0.39 is 0 Å². The van der Waals surface area contributed by atoms with Gasteiger partial charge in [-0.15, -0.1) is 0 Å². The van der Waals surface area contributed by atoms with E-state index in [2.05, 4.69) is 0 Å². The van der Waals surface area contributed by atoms with Crippen molar-refractivity contribution in [3.05, 3.63) is 0 Å². The second-order valence-electron chi connectivity index (χ2n) is 4.24. The first-order valence-corrected chi connectivity index (χ1v) is 5.32. The van der Waals surface area contributed by atoms with Crippen LogP contribution in [-0.2, 0) is 9.53 Å². The number of carbonyl (C=O) groups is 1. The molecule has 0 radical (unpaired) electrons. The van der Waals surface area contributed by atoms with Crippen molar-refractivity contribution in [1.82, 2.24) is 0 Å². The summed E-state index contributed by atoms with van der Waals surface area (Å²) in [5.74, 6) is 0.909. The van der Waals surface area contributed by atoms with E-state index in [1.807, 2.05) is 13.8 Å². The molecule has 0 aliphatic heterocycles. The van der Waals surface area contributed by atoms with Crippen molar-refractivity contribution in [1.29, 1.82) is 0 Å². The van der Waals surface area contributed by atoms with Gasteiger partial charge in [0.15, 0.2) is 0 Å². The van der Waals surface area contributed by atoms with Crippen LogP contribution in [0.15, 0.2) is 0 Å². The van der Waals surface area contributed by atoms with Gasteiger partial charge in [-0.25, -0.2) is 0 Å². The van der Waals surface area contributed by atoms with Crippen LogP contribution in [0, 0.1) is 5.92 Å². The summed E-state index contributed by atoms with van der Waals surface area (Å²) in [6.07, 6.45) is 5.26. The maximum atomic E-state index is 11.3. The molecule has 0 aromatic rings. The van der Waals surface area contributed by atoms with Gasteiger partial charge < -0.3 is 4.74 Å². The molecule has 1 fully saturated rings. The second-order valence-corrected chi connectivity index (χ2v) is 4.24. The Balaban J connectivity index is 2.26. The van der Waals surface area contributed by atoms with Gasteiger partial charge in [0.2, 0.25) is 0 Å². The van der Waals surface area contributed by atoms with Gasteiger partial charge >= 0.3 is 0 Å². The van der Waals surface area contributed by atoms with E-state index in [0.717, 1.165) is 25.9 Å². The van der Waals surface area contributed by atoms with E-state index in [0.29, 0.717) is 17.8 Å². The number of rotatable bonds is 3. The number of Topliss-reactive ketones (excluding diaryl/α,β-unsaturated/α-hetero) is 1. The first kappa shape index (κ1) is 10.7. The standard InChI is InChI=1S/C11H20O2/c1-9(2)13-8-10-5-3-4-6-11(12)7-10/h9-10H,3-8H2,1-2H3. The second kappa shape index (κ2) is 5.38. The van der Waals surface area contributed by atoms with Crippen LogP contribution in [0.3, 0.4) is 0 Å². The molecular formula is C11H20O2. The fourth-order valence-corrected chi connectivity index (χ4v) is 1.75. The van der Waals surface area contributed by atoms with Crippen LogP contribution < -0.4 is 0 Å². The molecule has 0 N–H and O–H groups in total. The maximum Gasteiger partial charge on any atom is 0.133 e. The molecule has 2 nitrogen and oxygen atoms in total. The Bertz CT molecular complexity index is 163. The van der Waals surface area contributed by atoms with E-state index in [1.165, 1.54) is 12.8 Å². The molecule has 1 atom stereocenters. The van der Waals surface area contributed by atoms with E-state index in [4.69, 9.17) is 4.74 Å². The van der Waals surface area contributed by atoms with Crippen molar-refractivity contribution >= 4 is 5.78 Å². The van der Waals surface area contributed by atoms with Gasteiger partial charge in [0, 0.05) is 12.8 Å². The first-order valence-electron chi connectivity index (χ1n) is 5.32. The Kier molecular flexibility index (Phi) is 4.43. The van der Waals surface area contributed by atoms with E-state index in [-0.39, 0.29) is 0 Å². The van der Waals surface area contributed by atoms with Gasteiger partial charge in [0.05, 0.1) is 12.7 Å². The Morgan fingerprint density at radius 2 is 2.23 bits per heavy atom. The minimum absolute atomic E-state index is 0.290.